The molecule has 2 fully saturated rings. The minimum absolute atomic E-state index is 0.423. The second-order valence-corrected chi connectivity index (χ2v) is 7.22. The Balaban J connectivity index is 1.64. The number of nitrogens with one attached hydrogen (secondary N) is 1. The molecule has 0 radical (unpaired) electrons. The average molecular weight is 327 g/mol. The molecule has 0 amide bonds. The zero-order valence-electron chi connectivity index (χ0n) is 14.6. The van der Waals surface area contributed by atoms with Crippen molar-refractivity contribution in [3.05, 3.63) is 18.5 Å². The monoisotopic (exact) mass is 327 g/mol. The second-order valence-electron chi connectivity index (χ2n) is 7.22. The highest BCUT2D eigenvalue weighted by molar-refractivity contribution is 5.91. The molecule has 1 heterocycles. The molecule has 4 atom stereocenters. The van der Waals surface area contributed by atoms with E-state index in [1.165, 1.54) is 25.7 Å². The van der Waals surface area contributed by atoms with Gasteiger partial charge in [0.2, 0.25) is 0 Å². The predicted octanol–water partition coefficient (Wildman–Crippen LogP) is 3.88. The van der Waals surface area contributed by atoms with Crippen LogP contribution in [0.4, 0.5) is 5.82 Å². The fourth-order valence-electron chi connectivity index (χ4n) is 4.73. The van der Waals surface area contributed by atoms with Crippen molar-refractivity contribution >= 4 is 16.7 Å². The van der Waals surface area contributed by atoms with E-state index in [1.54, 1.807) is 20.5 Å². The van der Waals surface area contributed by atoms with Gasteiger partial charge in [-0.05, 0) is 50.0 Å². The van der Waals surface area contributed by atoms with Gasteiger partial charge in [0.15, 0.2) is 11.5 Å². The first-order valence-corrected chi connectivity index (χ1v) is 8.83. The molecule has 1 aromatic carbocycles. The molecule has 4 unspecified atom stereocenters. The first-order valence-electron chi connectivity index (χ1n) is 8.83. The van der Waals surface area contributed by atoms with Crippen LogP contribution in [0.5, 0.6) is 11.5 Å². The number of rotatable bonds is 5. The van der Waals surface area contributed by atoms with Crippen LogP contribution in [0, 0.1) is 17.8 Å². The van der Waals surface area contributed by atoms with Gasteiger partial charge in [0.25, 0.3) is 0 Å². The van der Waals surface area contributed by atoms with Crippen LogP contribution in [-0.2, 0) is 0 Å². The quantitative estimate of drug-likeness (QED) is 0.903. The molecule has 2 saturated carbocycles. The van der Waals surface area contributed by atoms with E-state index in [2.05, 4.69) is 22.2 Å². The lowest BCUT2D eigenvalue weighted by atomic mass is 9.84. The average Bonchev–Trinajstić information content (AvgIpc) is 3.24. The molecule has 1 aromatic heterocycles. The van der Waals surface area contributed by atoms with E-state index in [0.717, 1.165) is 34.5 Å². The van der Waals surface area contributed by atoms with Crippen molar-refractivity contribution in [3.63, 3.8) is 0 Å². The number of hydrogen-bond donors (Lipinski definition) is 1. The number of fused-ring (bicyclic) bond motifs is 3. The van der Waals surface area contributed by atoms with Gasteiger partial charge in [0, 0.05) is 17.5 Å². The van der Waals surface area contributed by atoms with Crippen LogP contribution in [0.25, 0.3) is 10.9 Å². The molecule has 5 heteroatoms. The van der Waals surface area contributed by atoms with E-state index in [-0.39, 0.29) is 0 Å². The maximum Gasteiger partial charge on any atom is 0.162 e. The van der Waals surface area contributed by atoms with E-state index >= 15 is 0 Å². The Morgan fingerprint density at radius 1 is 1.08 bits per heavy atom. The molecule has 0 spiro atoms. The van der Waals surface area contributed by atoms with Crippen LogP contribution in [0.1, 0.15) is 32.6 Å². The van der Waals surface area contributed by atoms with Crippen molar-refractivity contribution in [2.45, 2.75) is 38.6 Å². The smallest absolute Gasteiger partial charge is 0.162 e. The molecule has 128 valence electrons. The van der Waals surface area contributed by atoms with Crippen LogP contribution in [0.3, 0.4) is 0 Å². The summed E-state index contributed by atoms with van der Waals surface area (Å²) < 4.78 is 10.8. The minimum atomic E-state index is 0.423. The Hall–Kier alpha value is -2.04. The van der Waals surface area contributed by atoms with Gasteiger partial charge >= 0.3 is 0 Å². The molecule has 0 aliphatic heterocycles. The minimum Gasteiger partial charge on any atom is -0.493 e. The summed E-state index contributed by atoms with van der Waals surface area (Å²) in [5.41, 5.74) is 0.866. The number of anilines is 1. The summed E-state index contributed by atoms with van der Waals surface area (Å²) in [4.78, 5) is 8.87. The van der Waals surface area contributed by atoms with Crippen molar-refractivity contribution in [3.8, 4) is 11.5 Å². The summed E-state index contributed by atoms with van der Waals surface area (Å²) in [7, 11) is 3.29. The Morgan fingerprint density at radius 3 is 2.54 bits per heavy atom. The lowest BCUT2D eigenvalue weighted by Gasteiger charge is -2.29. The van der Waals surface area contributed by atoms with Crippen LogP contribution < -0.4 is 14.8 Å². The van der Waals surface area contributed by atoms with Crippen LogP contribution >= 0.6 is 0 Å². The van der Waals surface area contributed by atoms with Gasteiger partial charge in [-0.25, -0.2) is 9.97 Å². The highest BCUT2D eigenvalue weighted by atomic mass is 16.5. The normalized spacial score (nSPS) is 26.5. The van der Waals surface area contributed by atoms with E-state index in [0.29, 0.717) is 17.5 Å². The largest absolute Gasteiger partial charge is 0.493 e. The zero-order valence-corrected chi connectivity index (χ0v) is 14.6. The number of aromatic nitrogens is 2. The van der Waals surface area contributed by atoms with E-state index < -0.39 is 0 Å². The van der Waals surface area contributed by atoms with Crippen LogP contribution in [0.2, 0.25) is 0 Å². The Bertz CT molecular complexity index is 749. The van der Waals surface area contributed by atoms with Crippen LogP contribution in [0.15, 0.2) is 18.5 Å². The molecule has 2 aliphatic rings. The summed E-state index contributed by atoms with van der Waals surface area (Å²) in [6.45, 7) is 2.29. The number of benzene rings is 1. The molecule has 2 bridgehead atoms. The lowest BCUT2D eigenvalue weighted by Crippen LogP contribution is -2.30. The molecular weight excluding hydrogens is 302 g/mol. The number of ether oxygens (including phenoxy) is 2. The van der Waals surface area contributed by atoms with Gasteiger partial charge in [-0.3, -0.25) is 0 Å². The van der Waals surface area contributed by atoms with Crippen molar-refractivity contribution in [2.24, 2.45) is 17.8 Å². The van der Waals surface area contributed by atoms with E-state index in [4.69, 9.17) is 9.47 Å². The topological polar surface area (TPSA) is 56.3 Å². The maximum absolute atomic E-state index is 5.44. The van der Waals surface area contributed by atoms with Crippen molar-refractivity contribution in [1.29, 1.82) is 0 Å². The third-order valence-corrected chi connectivity index (χ3v) is 5.94. The lowest BCUT2D eigenvalue weighted by molar-refractivity contribution is 0.304. The Morgan fingerprint density at radius 2 is 1.88 bits per heavy atom. The summed E-state index contributed by atoms with van der Waals surface area (Å²) >= 11 is 0. The summed E-state index contributed by atoms with van der Waals surface area (Å²) in [6, 6.07) is 4.29. The molecule has 2 aliphatic carbocycles. The van der Waals surface area contributed by atoms with Crippen molar-refractivity contribution in [1.82, 2.24) is 9.97 Å². The van der Waals surface area contributed by atoms with Gasteiger partial charge in [-0.2, -0.15) is 0 Å². The first-order chi connectivity index (χ1) is 11.7. The molecule has 2 aromatic rings. The third-order valence-electron chi connectivity index (χ3n) is 5.94. The zero-order chi connectivity index (χ0) is 16.7. The fraction of sp³-hybridized carbons (Fsp3) is 0.579. The van der Waals surface area contributed by atoms with Crippen LogP contribution in [-0.4, -0.2) is 30.2 Å². The van der Waals surface area contributed by atoms with Gasteiger partial charge < -0.3 is 14.8 Å². The fourth-order valence-corrected chi connectivity index (χ4v) is 4.73. The Labute approximate surface area is 142 Å². The predicted molar refractivity (Wildman–Crippen MR) is 94.7 cm³/mol. The number of nitrogens with zero attached hydrogens (tertiary/aromatic N) is 2. The molecule has 24 heavy (non-hydrogen) atoms. The third kappa shape index (κ3) is 2.56. The van der Waals surface area contributed by atoms with Crippen molar-refractivity contribution in [2.75, 3.05) is 19.5 Å². The van der Waals surface area contributed by atoms with Gasteiger partial charge in [-0.15, -0.1) is 0 Å². The maximum atomic E-state index is 5.44. The highest BCUT2D eigenvalue weighted by Gasteiger charge is 2.41. The molecular formula is C19H25N3O2. The summed E-state index contributed by atoms with van der Waals surface area (Å²) in [6.07, 6.45) is 7.23. The van der Waals surface area contributed by atoms with Gasteiger partial charge in [0.05, 0.1) is 19.7 Å². The summed E-state index contributed by atoms with van der Waals surface area (Å²) in [5.74, 6) is 4.88. The highest BCUT2D eigenvalue weighted by Crippen LogP contribution is 2.50. The summed E-state index contributed by atoms with van der Waals surface area (Å²) in [5, 5.41) is 4.63. The van der Waals surface area contributed by atoms with Crippen molar-refractivity contribution < 1.29 is 9.47 Å². The van der Waals surface area contributed by atoms with E-state index in [1.807, 2.05) is 12.1 Å². The Kier molecular flexibility index (Phi) is 3.94. The standard InChI is InChI=1S/C19H25N3O2/c1-11(14-7-12-4-5-13(14)6-12)22-19-15-8-17(23-2)18(24-3)9-16(15)20-10-21-19/h8-14H,4-7H2,1-3H3,(H,20,21,22). The van der Waals surface area contributed by atoms with E-state index in [9.17, 15) is 0 Å². The second kappa shape index (κ2) is 6.11. The number of hydrogen-bond acceptors (Lipinski definition) is 5. The molecule has 1 N–H and O–H groups in total. The van der Waals surface area contributed by atoms with Gasteiger partial charge in [-0.1, -0.05) is 6.42 Å². The first kappa shape index (κ1) is 15.5. The SMILES string of the molecule is COc1cc2ncnc(NC(C)C3CC4CCC3C4)c2cc1OC. The molecule has 5 nitrogen and oxygen atoms in total. The number of methoxy groups -OCH3 is 2. The molecule has 4 rings (SSSR count). The van der Waals surface area contributed by atoms with Gasteiger partial charge in [0.1, 0.15) is 12.1 Å². The molecule has 0 saturated heterocycles.